The summed E-state index contributed by atoms with van der Waals surface area (Å²) in [7, 11) is -4.32. The molecule has 0 aliphatic rings. The van der Waals surface area contributed by atoms with Crippen LogP contribution in [0.5, 0.6) is 0 Å². The van der Waals surface area contributed by atoms with Crippen molar-refractivity contribution in [3.05, 3.63) is 100 Å². The van der Waals surface area contributed by atoms with Gasteiger partial charge >= 0.3 is 6.18 Å². The van der Waals surface area contributed by atoms with Gasteiger partial charge in [0.25, 0.3) is 10.0 Å². The molecule has 4 rings (SSSR count). The largest absolute Gasteiger partial charge is 0.416 e. The third-order valence-electron chi connectivity index (χ3n) is 5.82. The Balaban J connectivity index is 2.11. The first-order valence-electron chi connectivity index (χ1n) is 10.2. The summed E-state index contributed by atoms with van der Waals surface area (Å²) in [6.45, 7) is 5.07. The molecule has 1 N–H and O–H groups in total. The minimum absolute atomic E-state index is 0.0197. The van der Waals surface area contributed by atoms with Crippen molar-refractivity contribution in [2.24, 2.45) is 0 Å². The molecule has 0 aliphatic carbocycles. The molecule has 8 heteroatoms. The molecule has 4 nitrogen and oxygen atoms in total. The molecule has 0 saturated carbocycles. The minimum atomic E-state index is -4.66. The van der Waals surface area contributed by atoms with E-state index in [0.717, 1.165) is 27.2 Å². The first kappa shape index (κ1) is 23.1. The van der Waals surface area contributed by atoms with E-state index in [1.54, 1.807) is 32.0 Å². The van der Waals surface area contributed by atoms with Crippen molar-refractivity contribution in [1.29, 1.82) is 0 Å². The molecule has 0 fully saturated rings. The van der Waals surface area contributed by atoms with Gasteiger partial charge in [0, 0.05) is 5.39 Å². The summed E-state index contributed by atoms with van der Waals surface area (Å²) >= 11 is 0. The average Bonchev–Trinajstić information content (AvgIpc) is 3.14. The lowest BCUT2D eigenvalue weighted by atomic mass is 9.96. The number of hydrogen-bond donors (Lipinski definition) is 1. The Hall–Kier alpha value is -3.10. The second kappa shape index (κ2) is 8.04. The molecule has 1 unspecified atom stereocenters. The van der Waals surface area contributed by atoms with Gasteiger partial charge in [-0.1, -0.05) is 36.4 Å². The summed E-state index contributed by atoms with van der Waals surface area (Å²) in [5, 5.41) is 11.7. The predicted octanol–water partition coefficient (Wildman–Crippen LogP) is 5.90. The molecule has 0 aliphatic heterocycles. The van der Waals surface area contributed by atoms with E-state index < -0.39 is 27.9 Å². The van der Waals surface area contributed by atoms with E-state index in [9.17, 15) is 26.7 Å². The Bertz CT molecular complexity index is 1440. The highest BCUT2D eigenvalue weighted by Gasteiger charge is 2.34. The number of benzene rings is 3. The molecule has 4 aromatic rings. The molecule has 1 atom stereocenters. The van der Waals surface area contributed by atoms with E-state index in [-0.39, 0.29) is 21.7 Å². The Labute approximate surface area is 190 Å². The Kier molecular flexibility index (Phi) is 5.62. The minimum Gasteiger partial charge on any atom is -0.382 e. The van der Waals surface area contributed by atoms with Gasteiger partial charge in [-0.15, -0.1) is 0 Å². The second-order valence-electron chi connectivity index (χ2n) is 8.08. The Morgan fingerprint density at radius 1 is 0.848 bits per heavy atom. The van der Waals surface area contributed by atoms with Crippen molar-refractivity contribution < 1.29 is 26.7 Å². The molecular formula is C25H22F3NO3S. The third kappa shape index (κ3) is 3.94. The summed E-state index contributed by atoms with van der Waals surface area (Å²) in [5.74, 6) is 0. The highest BCUT2D eigenvalue weighted by molar-refractivity contribution is 7.90. The van der Waals surface area contributed by atoms with Crippen LogP contribution in [-0.4, -0.2) is 17.5 Å². The van der Waals surface area contributed by atoms with Gasteiger partial charge in [0.15, 0.2) is 0 Å². The van der Waals surface area contributed by atoms with E-state index in [0.29, 0.717) is 10.9 Å². The zero-order valence-corrected chi connectivity index (χ0v) is 19.0. The summed E-state index contributed by atoms with van der Waals surface area (Å²) in [4.78, 5) is -0.0903. The first-order chi connectivity index (χ1) is 15.4. The Morgan fingerprint density at radius 3 is 2.03 bits per heavy atom. The molecule has 172 valence electrons. The number of fused-ring (bicyclic) bond motifs is 1. The fourth-order valence-corrected chi connectivity index (χ4v) is 5.76. The summed E-state index contributed by atoms with van der Waals surface area (Å²) < 4.78 is 68.9. The van der Waals surface area contributed by atoms with Crippen molar-refractivity contribution in [3.8, 4) is 0 Å². The molecule has 0 bridgehead atoms. The maximum absolute atomic E-state index is 13.7. The van der Waals surface area contributed by atoms with Gasteiger partial charge in [-0.2, -0.15) is 13.2 Å². The number of aliphatic hydroxyl groups is 1. The lowest BCUT2D eigenvalue weighted by Crippen LogP contribution is -2.19. The van der Waals surface area contributed by atoms with E-state index in [2.05, 4.69) is 0 Å². The Morgan fingerprint density at radius 2 is 1.45 bits per heavy atom. The number of aromatic nitrogens is 1. The molecule has 3 aromatic carbocycles. The van der Waals surface area contributed by atoms with E-state index in [1.165, 1.54) is 37.3 Å². The van der Waals surface area contributed by atoms with Crippen LogP contribution in [0.1, 0.15) is 39.6 Å². The van der Waals surface area contributed by atoms with Gasteiger partial charge in [-0.25, -0.2) is 12.4 Å². The lowest BCUT2D eigenvalue weighted by molar-refractivity contribution is -0.137. The van der Waals surface area contributed by atoms with Gasteiger partial charge < -0.3 is 5.11 Å². The summed E-state index contributed by atoms with van der Waals surface area (Å²) in [6.07, 6.45) is -6.03. The monoisotopic (exact) mass is 473 g/mol. The van der Waals surface area contributed by atoms with Crippen molar-refractivity contribution >= 4 is 20.9 Å². The van der Waals surface area contributed by atoms with Gasteiger partial charge in [0.1, 0.15) is 6.10 Å². The topological polar surface area (TPSA) is 59.3 Å². The van der Waals surface area contributed by atoms with Crippen molar-refractivity contribution in [2.45, 2.75) is 37.9 Å². The van der Waals surface area contributed by atoms with Gasteiger partial charge in [0.05, 0.1) is 21.7 Å². The highest BCUT2D eigenvalue weighted by Crippen LogP contribution is 2.39. The SMILES string of the molecule is Cc1cccc(C)c1C(O)c1cc2c(C)cc(C(F)(F)F)cc2n1S(=O)(=O)c1ccccc1. The number of alkyl halides is 3. The summed E-state index contributed by atoms with van der Waals surface area (Å²) in [5.41, 5.74) is 1.15. The van der Waals surface area contributed by atoms with Crippen LogP contribution in [0, 0.1) is 20.8 Å². The van der Waals surface area contributed by atoms with Crippen LogP contribution in [0.15, 0.2) is 71.6 Å². The zero-order valence-electron chi connectivity index (χ0n) is 18.2. The van der Waals surface area contributed by atoms with Gasteiger partial charge in [-0.3, -0.25) is 0 Å². The third-order valence-corrected chi connectivity index (χ3v) is 7.57. The molecule has 33 heavy (non-hydrogen) atoms. The van der Waals surface area contributed by atoms with Crippen molar-refractivity contribution in [2.75, 3.05) is 0 Å². The number of nitrogens with zero attached hydrogens (tertiary/aromatic N) is 1. The number of halogens is 3. The van der Waals surface area contributed by atoms with E-state index >= 15 is 0 Å². The summed E-state index contributed by atoms with van der Waals surface area (Å²) in [6, 6.07) is 16.1. The van der Waals surface area contributed by atoms with Crippen LogP contribution >= 0.6 is 0 Å². The first-order valence-corrected chi connectivity index (χ1v) is 11.6. The zero-order chi connectivity index (χ0) is 24.1. The fourth-order valence-electron chi connectivity index (χ4n) is 4.21. The molecule has 0 amide bonds. The maximum Gasteiger partial charge on any atom is 0.416 e. The number of aryl methyl sites for hydroxylation is 3. The molecule has 0 spiro atoms. The smallest absolute Gasteiger partial charge is 0.382 e. The van der Waals surface area contributed by atoms with E-state index in [1.807, 2.05) is 6.07 Å². The number of hydrogen-bond acceptors (Lipinski definition) is 3. The maximum atomic E-state index is 13.7. The number of aliphatic hydroxyl groups excluding tert-OH is 1. The van der Waals surface area contributed by atoms with Crippen LogP contribution in [0.2, 0.25) is 0 Å². The molecule has 1 aromatic heterocycles. The van der Waals surface area contributed by atoms with Crippen molar-refractivity contribution in [3.63, 3.8) is 0 Å². The average molecular weight is 474 g/mol. The van der Waals surface area contributed by atoms with E-state index in [4.69, 9.17) is 0 Å². The quantitative estimate of drug-likeness (QED) is 0.401. The lowest BCUT2D eigenvalue weighted by Gasteiger charge is -2.20. The fraction of sp³-hybridized carbons (Fsp3) is 0.200. The van der Waals surface area contributed by atoms with Crippen LogP contribution in [0.25, 0.3) is 10.9 Å². The molecular weight excluding hydrogens is 451 g/mol. The van der Waals surface area contributed by atoms with Crippen LogP contribution in [0.3, 0.4) is 0 Å². The molecule has 0 radical (unpaired) electrons. The second-order valence-corrected chi connectivity index (χ2v) is 9.87. The highest BCUT2D eigenvalue weighted by atomic mass is 32.2. The van der Waals surface area contributed by atoms with Gasteiger partial charge in [0.2, 0.25) is 0 Å². The molecule has 1 heterocycles. The standard InChI is InChI=1S/C25H22F3NO3S/c1-15-8-7-9-16(2)23(15)24(30)22-14-20-17(3)12-18(25(26,27)28)13-21(20)29(22)33(31,32)19-10-5-4-6-11-19/h4-14,24,30H,1-3H3. The normalized spacial score (nSPS) is 13.4. The van der Waals surface area contributed by atoms with Crippen LogP contribution in [-0.2, 0) is 16.2 Å². The van der Waals surface area contributed by atoms with Crippen LogP contribution in [0.4, 0.5) is 13.2 Å². The van der Waals surface area contributed by atoms with Gasteiger partial charge in [-0.05, 0) is 73.4 Å². The number of rotatable bonds is 4. The predicted molar refractivity (Wildman–Crippen MR) is 121 cm³/mol. The van der Waals surface area contributed by atoms with Crippen molar-refractivity contribution in [1.82, 2.24) is 3.97 Å². The molecule has 0 saturated heterocycles. The van der Waals surface area contributed by atoms with Crippen LogP contribution < -0.4 is 0 Å².